The van der Waals surface area contributed by atoms with Gasteiger partial charge in [-0.1, -0.05) is 37.5 Å². The fraction of sp³-hybridized carbons (Fsp3) is 0.500. The van der Waals surface area contributed by atoms with E-state index in [2.05, 4.69) is 0 Å². The SMILES string of the molecule is CCCC[C@@H](C(=O)O)N(C)S(=O)(=O)c1ccc(C)cc1. The predicted octanol–water partition coefficient (Wildman–Crippen LogP) is 2.26. The molecule has 0 aromatic heterocycles. The Morgan fingerprint density at radius 1 is 1.30 bits per heavy atom. The summed E-state index contributed by atoms with van der Waals surface area (Å²) in [5.41, 5.74) is 0.951. The number of carbonyl (C=O) groups is 1. The summed E-state index contributed by atoms with van der Waals surface area (Å²) in [6.45, 7) is 3.80. The second kappa shape index (κ2) is 6.85. The second-order valence-corrected chi connectivity index (χ2v) is 6.83. The fourth-order valence-corrected chi connectivity index (χ4v) is 3.25. The minimum Gasteiger partial charge on any atom is -0.480 e. The Morgan fingerprint density at radius 2 is 1.85 bits per heavy atom. The third-order valence-electron chi connectivity index (χ3n) is 3.25. The van der Waals surface area contributed by atoms with Gasteiger partial charge in [-0.05, 0) is 25.5 Å². The Morgan fingerprint density at radius 3 is 2.30 bits per heavy atom. The van der Waals surface area contributed by atoms with Crippen LogP contribution in [0.25, 0.3) is 0 Å². The van der Waals surface area contributed by atoms with Crippen molar-refractivity contribution >= 4 is 16.0 Å². The van der Waals surface area contributed by atoms with Crippen LogP contribution in [-0.4, -0.2) is 36.9 Å². The van der Waals surface area contributed by atoms with Gasteiger partial charge in [0, 0.05) is 7.05 Å². The number of carboxylic acids is 1. The number of likely N-dealkylation sites (N-methyl/N-ethyl adjacent to an activating group) is 1. The van der Waals surface area contributed by atoms with Crippen molar-refractivity contribution in [2.75, 3.05) is 7.05 Å². The van der Waals surface area contributed by atoms with Gasteiger partial charge in [0.05, 0.1) is 4.90 Å². The van der Waals surface area contributed by atoms with Crippen LogP contribution in [0.2, 0.25) is 0 Å². The lowest BCUT2D eigenvalue weighted by Gasteiger charge is -2.24. The van der Waals surface area contributed by atoms with Gasteiger partial charge >= 0.3 is 5.97 Å². The lowest BCUT2D eigenvalue weighted by molar-refractivity contribution is -0.141. The van der Waals surface area contributed by atoms with E-state index >= 15 is 0 Å². The molecule has 1 N–H and O–H groups in total. The zero-order chi connectivity index (χ0) is 15.3. The maximum atomic E-state index is 12.4. The smallest absolute Gasteiger partial charge is 0.322 e. The Bertz CT molecular complexity index is 551. The van der Waals surface area contributed by atoms with Crippen molar-refractivity contribution in [2.24, 2.45) is 0 Å². The number of rotatable bonds is 7. The molecule has 0 spiro atoms. The molecule has 1 aromatic carbocycles. The van der Waals surface area contributed by atoms with E-state index in [9.17, 15) is 18.3 Å². The molecular formula is C14H21NO4S. The van der Waals surface area contributed by atoms with Gasteiger partial charge in [0.2, 0.25) is 10.0 Å². The minimum atomic E-state index is -3.78. The van der Waals surface area contributed by atoms with E-state index in [0.29, 0.717) is 12.8 Å². The van der Waals surface area contributed by atoms with E-state index < -0.39 is 22.0 Å². The lowest BCUT2D eigenvalue weighted by Crippen LogP contribution is -2.42. The normalized spacial score (nSPS) is 13.4. The maximum absolute atomic E-state index is 12.4. The Kier molecular flexibility index (Phi) is 5.71. The van der Waals surface area contributed by atoms with Crippen molar-refractivity contribution in [3.63, 3.8) is 0 Å². The molecule has 0 aliphatic carbocycles. The predicted molar refractivity (Wildman–Crippen MR) is 77.1 cm³/mol. The average molecular weight is 299 g/mol. The molecule has 0 radical (unpaired) electrons. The van der Waals surface area contributed by atoms with Gasteiger partial charge in [0.1, 0.15) is 6.04 Å². The van der Waals surface area contributed by atoms with Gasteiger partial charge in [-0.3, -0.25) is 4.79 Å². The van der Waals surface area contributed by atoms with Crippen molar-refractivity contribution < 1.29 is 18.3 Å². The highest BCUT2D eigenvalue weighted by Gasteiger charge is 2.32. The molecule has 0 heterocycles. The molecule has 20 heavy (non-hydrogen) atoms. The van der Waals surface area contributed by atoms with Gasteiger partial charge in [-0.2, -0.15) is 4.31 Å². The van der Waals surface area contributed by atoms with Crippen molar-refractivity contribution in [1.82, 2.24) is 4.31 Å². The molecule has 0 unspecified atom stereocenters. The first-order chi connectivity index (χ1) is 9.30. The van der Waals surface area contributed by atoms with Gasteiger partial charge in [0.15, 0.2) is 0 Å². The zero-order valence-electron chi connectivity index (χ0n) is 12.0. The topological polar surface area (TPSA) is 74.7 Å². The Balaban J connectivity index is 3.05. The van der Waals surface area contributed by atoms with Crippen molar-refractivity contribution in [2.45, 2.75) is 44.0 Å². The summed E-state index contributed by atoms with van der Waals surface area (Å²) in [6.07, 6.45) is 1.81. The molecule has 0 fully saturated rings. The van der Waals surface area contributed by atoms with Crippen LogP contribution in [-0.2, 0) is 14.8 Å². The highest BCUT2D eigenvalue weighted by atomic mass is 32.2. The fourth-order valence-electron chi connectivity index (χ4n) is 1.90. The minimum absolute atomic E-state index is 0.119. The number of unbranched alkanes of at least 4 members (excludes halogenated alkanes) is 1. The maximum Gasteiger partial charge on any atom is 0.322 e. The summed E-state index contributed by atoms with van der Waals surface area (Å²) >= 11 is 0. The first-order valence-corrected chi connectivity index (χ1v) is 8.02. The third kappa shape index (κ3) is 3.80. The summed E-state index contributed by atoms with van der Waals surface area (Å²) in [5, 5.41) is 9.22. The Labute approximate surface area is 120 Å². The van der Waals surface area contributed by atoms with Crippen LogP contribution >= 0.6 is 0 Å². The number of sulfonamides is 1. The summed E-state index contributed by atoms with van der Waals surface area (Å²) in [5.74, 6) is -1.11. The Hall–Kier alpha value is -1.40. The van der Waals surface area contributed by atoms with Crippen LogP contribution in [0.4, 0.5) is 0 Å². The molecule has 0 bridgehead atoms. The van der Waals surface area contributed by atoms with Gasteiger partial charge < -0.3 is 5.11 Å². The van der Waals surface area contributed by atoms with Crippen LogP contribution in [0.1, 0.15) is 31.7 Å². The van der Waals surface area contributed by atoms with E-state index in [4.69, 9.17) is 0 Å². The number of carboxylic acid groups (broad SMARTS) is 1. The van der Waals surface area contributed by atoms with Gasteiger partial charge in [-0.15, -0.1) is 0 Å². The van der Waals surface area contributed by atoms with Crippen LogP contribution in [0, 0.1) is 6.92 Å². The highest BCUT2D eigenvalue weighted by molar-refractivity contribution is 7.89. The molecule has 0 saturated carbocycles. The second-order valence-electron chi connectivity index (χ2n) is 4.83. The zero-order valence-corrected chi connectivity index (χ0v) is 12.9. The van der Waals surface area contributed by atoms with Crippen LogP contribution < -0.4 is 0 Å². The lowest BCUT2D eigenvalue weighted by atomic mass is 10.1. The number of benzene rings is 1. The molecule has 0 aliphatic rings. The van der Waals surface area contributed by atoms with E-state index in [0.717, 1.165) is 16.3 Å². The number of aliphatic carboxylic acids is 1. The van der Waals surface area contributed by atoms with Crippen molar-refractivity contribution in [3.8, 4) is 0 Å². The van der Waals surface area contributed by atoms with E-state index in [1.807, 2.05) is 13.8 Å². The first-order valence-electron chi connectivity index (χ1n) is 6.58. The van der Waals surface area contributed by atoms with Crippen molar-refractivity contribution in [3.05, 3.63) is 29.8 Å². The summed E-state index contributed by atoms with van der Waals surface area (Å²) in [4.78, 5) is 11.4. The standard InChI is InChI=1S/C14H21NO4S/c1-4-5-6-13(14(16)17)15(3)20(18,19)12-9-7-11(2)8-10-12/h7-10,13H,4-6H2,1-3H3,(H,16,17)/t13-/m0/s1. The molecule has 1 aromatic rings. The van der Waals surface area contributed by atoms with Gasteiger partial charge in [0.25, 0.3) is 0 Å². The molecular weight excluding hydrogens is 278 g/mol. The van der Waals surface area contributed by atoms with Crippen LogP contribution in [0.3, 0.4) is 0 Å². The number of aryl methyl sites for hydroxylation is 1. The largest absolute Gasteiger partial charge is 0.480 e. The van der Waals surface area contributed by atoms with Crippen molar-refractivity contribution in [1.29, 1.82) is 0 Å². The third-order valence-corrected chi connectivity index (χ3v) is 5.13. The number of hydrogen-bond acceptors (Lipinski definition) is 3. The number of hydrogen-bond donors (Lipinski definition) is 1. The van der Waals surface area contributed by atoms with Crippen LogP contribution in [0.15, 0.2) is 29.2 Å². The number of nitrogens with zero attached hydrogens (tertiary/aromatic N) is 1. The molecule has 5 nitrogen and oxygen atoms in total. The molecule has 1 atom stereocenters. The van der Waals surface area contributed by atoms with E-state index in [1.165, 1.54) is 19.2 Å². The average Bonchev–Trinajstić information content (AvgIpc) is 2.39. The summed E-state index contributed by atoms with van der Waals surface area (Å²) in [6, 6.07) is 5.37. The quantitative estimate of drug-likeness (QED) is 0.838. The molecule has 0 aliphatic heterocycles. The van der Waals surface area contributed by atoms with Crippen LogP contribution in [0.5, 0.6) is 0 Å². The summed E-state index contributed by atoms with van der Waals surface area (Å²) in [7, 11) is -2.45. The monoisotopic (exact) mass is 299 g/mol. The van der Waals surface area contributed by atoms with E-state index in [-0.39, 0.29) is 4.90 Å². The molecule has 0 amide bonds. The highest BCUT2D eigenvalue weighted by Crippen LogP contribution is 2.19. The molecule has 1 rings (SSSR count). The molecule has 0 saturated heterocycles. The van der Waals surface area contributed by atoms with Gasteiger partial charge in [-0.25, -0.2) is 8.42 Å². The molecule has 112 valence electrons. The summed E-state index contributed by atoms with van der Waals surface area (Å²) < 4.78 is 25.8. The molecule has 6 heteroatoms. The first kappa shape index (κ1) is 16.7. The van der Waals surface area contributed by atoms with E-state index in [1.54, 1.807) is 12.1 Å².